The van der Waals surface area contributed by atoms with Crippen molar-refractivity contribution in [1.29, 1.82) is 0 Å². The second-order valence-corrected chi connectivity index (χ2v) is 6.96. The highest BCUT2D eigenvalue weighted by Gasteiger charge is 2.22. The van der Waals surface area contributed by atoms with Crippen molar-refractivity contribution in [2.75, 3.05) is 12.8 Å². The van der Waals surface area contributed by atoms with Gasteiger partial charge in [0.15, 0.2) is 0 Å². The molecular weight excluding hydrogens is 270 g/mol. The number of pyridine rings is 1. The van der Waals surface area contributed by atoms with Crippen LogP contribution in [0.15, 0.2) is 40.1 Å². The van der Waals surface area contributed by atoms with Gasteiger partial charge in [-0.25, -0.2) is 8.42 Å². The molecular formula is C11H13N3O2S2. The van der Waals surface area contributed by atoms with Crippen LogP contribution in [0.4, 0.5) is 5.69 Å². The maximum absolute atomic E-state index is 12.2. The number of nitrogen functional groups attached to an aromatic ring is 1. The Morgan fingerprint density at radius 1 is 1.44 bits per heavy atom. The fourth-order valence-corrected chi connectivity index (χ4v) is 3.86. The van der Waals surface area contributed by atoms with Gasteiger partial charge in [0, 0.05) is 24.3 Å². The SMILES string of the molecule is CN(Cc1ccccn1)S(=O)(=O)c1cc(N)cs1. The van der Waals surface area contributed by atoms with Crippen LogP contribution in [0.3, 0.4) is 0 Å². The van der Waals surface area contributed by atoms with E-state index in [1.54, 1.807) is 23.7 Å². The normalized spacial score (nSPS) is 11.9. The Kier molecular flexibility index (Phi) is 3.65. The molecule has 0 unspecified atom stereocenters. The zero-order valence-corrected chi connectivity index (χ0v) is 11.4. The summed E-state index contributed by atoms with van der Waals surface area (Å²) < 4.78 is 25.9. The second-order valence-electron chi connectivity index (χ2n) is 3.78. The van der Waals surface area contributed by atoms with Crippen molar-refractivity contribution < 1.29 is 8.42 Å². The van der Waals surface area contributed by atoms with Crippen LogP contribution in [0.5, 0.6) is 0 Å². The van der Waals surface area contributed by atoms with E-state index >= 15 is 0 Å². The number of nitrogens with zero attached hydrogens (tertiary/aromatic N) is 2. The Morgan fingerprint density at radius 2 is 2.22 bits per heavy atom. The molecule has 0 aliphatic rings. The number of anilines is 1. The molecule has 0 aliphatic carbocycles. The molecule has 0 aliphatic heterocycles. The Labute approximate surface area is 110 Å². The minimum absolute atomic E-state index is 0.237. The average molecular weight is 283 g/mol. The minimum atomic E-state index is -3.48. The predicted molar refractivity (Wildman–Crippen MR) is 71.6 cm³/mol. The van der Waals surface area contributed by atoms with Gasteiger partial charge in [-0.1, -0.05) is 6.07 Å². The summed E-state index contributed by atoms with van der Waals surface area (Å²) in [6.07, 6.45) is 1.64. The van der Waals surface area contributed by atoms with Crippen molar-refractivity contribution in [3.8, 4) is 0 Å². The molecule has 0 amide bonds. The first-order valence-corrected chi connectivity index (χ1v) is 7.52. The number of thiophene rings is 1. The largest absolute Gasteiger partial charge is 0.398 e. The summed E-state index contributed by atoms with van der Waals surface area (Å²) in [5.41, 5.74) is 6.71. The highest BCUT2D eigenvalue weighted by Crippen LogP contribution is 2.24. The molecule has 0 fully saturated rings. The lowest BCUT2D eigenvalue weighted by molar-refractivity contribution is 0.464. The molecule has 0 saturated carbocycles. The van der Waals surface area contributed by atoms with Gasteiger partial charge >= 0.3 is 0 Å². The summed E-state index contributed by atoms with van der Waals surface area (Å²) >= 11 is 1.12. The van der Waals surface area contributed by atoms with Crippen LogP contribution in [0, 0.1) is 0 Å². The van der Waals surface area contributed by atoms with E-state index in [-0.39, 0.29) is 10.8 Å². The Balaban J connectivity index is 2.21. The predicted octanol–water partition coefficient (Wildman–Crippen LogP) is 1.55. The zero-order valence-electron chi connectivity index (χ0n) is 9.78. The van der Waals surface area contributed by atoms with Gasteiger partial charge in [0.2, 0.25) is 0 Å². The highest BCUT2D eigenvalue weighted by atomic mass is 32.2. The monoisotopic (exact) mass is 283 g/mol. The lowest BCUT2D eigenvalue weighted by atomic mass is 10.3. The fourth-order valence-electron chi connectivity index (χ4n) is 1.42. The molecule has 5 nitrogen and oxygen atoms in total. The molecule has 7 heteroatoms. The maximum atomic E-state index is 12.2. The van der Waals surface area contributed by atoms with E-state index in [4.69, 9.17) is 5.73 Å². The highest BCUT2D eigenvalue weighted by molar-refractivity contribution is 7.91. The summed E-state index contributed by atoms with van der Waals surface area (Å²) in [7, 11) is -1.96. The molecule has 0 atom stereocenters. The van der Waals surface area contributed by atoms with Crippen LogP contribution >= 0.6 is 11.3 Å². The van der Waals surface area contributed by atoms with Gasteiger partial charge in [-0.15, -0.1) is 11.3 Å². The standard InChI is InChI=1S/C11H13N3O2S2/c1-14(7-10-4-2-3-5-13-10)18(15,16)11-6-9(12)8-17-11/h2-6,8H,7,12H2,1H3. The third-order valence-electron chi connectivity index (χ3n) is 2.37. The molecule has 0 radical (unpaired) electrons. The Morgan fingerprint density at radius 3 is 2.78 bits per heavy atom. The number of hydrogen-bond acceptors (Lipinski definition) is 5. The molecule has 2 heterocycles. The van der Waals surface area contributed by atoms with Crippen molar-refractivity contribution >= 4 is 27.0 Å². The second kappa shape index (κ2) is 5.05. The smallest absolute Gasteiger partial charge is 0.252 e. The van der Waals surface area contributed by atoms with E-state index in [1.807, 2.05) is 6.07 Å². The molecule has 2 rings (SSSR count). The van der Waals surface area contributed by atoms with Crippen LogP contribution in [-0.2, 0) is 16.6 Å². The Hall–Kier alpha value is -1.44. The van der Waals surface area contributed by atoms with Gasteiger partial charge in [-0.05, 0) is 18.2 Å². The average Bonchev–Trinajstić information content (AvgIpc) is 2.78. The van der Waals surface area contributed by atoms with E-state index in [9.17, 15) is 8.42 Å². The molecule has 0 spiro atoms. The summed E-state index contributed by atoms with van der Waals surface area (Å²) in [6.45, 7) is 0.237. The van der Waals surface area contributed by atoms with Crippen LogP contribution < -0.4 is 5.73 Å². The number of nitrogens with two attached hydrogens (primary N) is 1. The number of sulfonamides is 1. The van der Waals surface area contributed by atoms with Gasteiger partial charge in [-0.3, -0.25) is 4.98 Å². The minimum Gasteiger partial charge on any atom is -0.398 e. The van der Waals surface area contributed by atoms with E-state index < -0.39 is 10.0 Å². The quantitative estimate of drug-likeness (QED) is 0.923. The van der Waals surface area contributed by atoms with Gasteiger partial charge in [0.05, 0.1) is 12.2 Å². The van der Waals surface area contributed by atoms with Gasteiger partial charge in [-0.2, -0.15) is 4.31 Å². The van der Waals surface area contributed by atoms with Gasteiger partial charge in [0.1, 0.15) is 4.21 Å². The lowest BCUT2D eigenvalue weighted by Gasteiger charge is -2.15. The van der Waals surface area contributed by atoms with Crippen molar-refractivity contribution in [1.82, 2.24) is 9.29 Å². The van der Waals surface area contributed by atoms with E-state index in [0.29, 0.717) is 11.4 Å². The molecule has 18 heavy (non-hydrogen) atoms. The molecule has 2 aromatic heterocycles. The first kappa shape index (κ1) is 13.0. The van der Waals surface area contributed by atoms with Crippen molar-refractivity contribution in [2.24, 2.45) is 0 Å². The van der Waals surface area contributed by atoms with Crippen LogP contribution in [0.2, 0.25) is 0 Å². The van der Waals surface area contributed by atoms with Crippen LogP contribution in [0.1, 0.15) is 5.69 Å². The summed E-state index contributed by atoms with van der Waals surface area (Å²) in [5, 5.41) is 1.61. The summed E-state index contributed by atoms with van der Waals surface area (Å²) in [6, 6.07) is 6.87. The van der Waals surface area contributed by atoms with Crippen LogP contribution in [0.25, 0.3) is 0 Å². The Bertz CT molecular complexity index is 623. The molecule has 0 bridgehead atoms. The van der Waals surface area contributed by atoms with Gasteiger partial charge < -0.3 is 5.73 Å². The summed E-state index contributed by atoms with van der Waals surface area (Å²) in [5.74, 6) is 0. The van der Waals surface area contributed by atoms with Crippen molar-refractivity contribution in [3.63, 3.8) is 0 Å². The number of rotatable bonds is 4. The van der Waals surface area contributed by atoms with Crippen molar-refractivity contribution in [2.45, 2.75) is 10.8 Å². The third kappa shape index (κ3) is 2.69. The molecule has 2 N–H and O–H groups in total. The third-order valence-corrected chi connectivity index (χ3v) is 5.61. The topological polar surface area (TPSA) is 76.3 Å². The first-order chi connectivity index (χ1) is 8.50. The van der Waals surface area contributed by atoms with E-state index in [2.05, 4.69) is 4.98 Å². The lowest BCUT2D eigenvalue weighted by Crippen LogP contribution is -2.26. The van der Waals surface area contributed by atoms with E-state index in [1.165, 1.54) is 17.4 Å². The summed E-state index contributed by atoms with van der Waals surface area (Å²) in [4.78, 5) is 4.10. The maximum Gasteiger partial charge on any atom is 0.252 e. The van der Waals surface area contributed by atoms with E-state index in [0.717, 1.165) is 11.3 Å². The van der Waals surface area contributed by atoms with Crippen molar-refractivity contribution in [3.05, 3.63) is 41.5 Å². The molecule has 0 saturated heterocycles. The first-order valence-electron chi connectivity index (χ1n) is 5.20. The fraction of sp³-hybridized carbons (Fsp3) is 0.182. The molecule has 2 aromatic rings. The molecule has 96 valence electrons. The van der Waals surface area contributed by atoms with Gasteiger partial charge in [0.25, 0.3) is 10.0 Å². The zero-order chi connectivity index (χ0) is 13.2. The molecule has 0 aromatic carbocycles. The van der Waals surface area contributed by atoms with Crippen LogP contribution in [-0.4, -0.2) is 24.8 Å². The number of aromatic nitrogens is 1. The number of hydrogen-bond donors (Lipinski definition) is 1.